The van der Waals surface area contributed by atoms with E-state index < -0.39 is 29.2 Å². The first-order chi connectivity index (χ1) is 8.11. The second-order valence-corrected chi connectivity index (χ2v) is 4.10. The van der Waals surface area contributed by atoms with E-state index in [1.165, 1.54) is 6.26 Å². The van der Waals surface area contributed by atoms with Gasteiger partial charge < -0.3 is 4.74 Å². The molecule has 0 heterocycles. The Kier molecular flexibility index (Phi) is 4.09. The van der Waals surface area contributed by atoms with Crippen molar-refractivity contribution in [2.45, 2.75) is 17.2 Å². The van der Waals surface area contributed by atoms with Crippen LogP contribution in [-0.4, -0.2) is 13.4 Å². The largest absolute Gasteiger partial charge is 0.495 e. The normalized spacial score (nSPS) is 12.7. The lowest BCUT2D eigenvalue weighted by atomic mass is 10.1. The Balaban J connectivity index is 3.57. The minimum atomic E-state index is -4.91. The quantitative estimate of drug-likeness (QED) is 0.587. The lowest BCUT2D eigenvalue weighted by molar-refractivity contribution is -0.144. The van der Waals surface area contributed by atoms with Crippen LogP contribution in [0, 0.1) is 0 Å². The fraction of sp³-hybridized carbons (Fsp3) is 0.400. The van der Waals surface area contributed by atoms with Crippen LogP contribution in [0.3, 0.4) is 0 Å². The molecule has 0 aliphatic carbocycles. The molecular formula is C10H8F6OS. The summed E-state index contributed by atoms with van der Waals surface area (Å²) < 4.78 is 80.0. The van der Waals surface area contributed by atoms with Crippen molar-refractivity contribution in [2.75, 3.05) is 13.4 Å². The van der Waals surface area contributed by atoms with Crippen LogP contribution in [0.25, 0.3) is 0 Å². The van der Waals surface area contributed by atoms with E-state index in [2.05, 4.69) is 4.74 Å². The Hall–Kier alpha value is -1.05. The molecule has 8 heteroatoms. The van der Waals surface area contributed by atoms with Gasteiger partial charge in [0.25, 0.3) is 0 Å². The molecule has 0 unspecified atom stereocenters. The highest BCUT2D eigenvalue weighted by molar-refractivity contribution is 7.98. The van der Waals surface area contributed by atoms with E-state index in [0.29, 0.717) is 6.07 Å². The molecule has 102 valence electrons. The number of hydrogen-bond acceptors (Lipinski definition) is 2. The highest BCUT2D eigenvalue weighted by atomic mass is 32.2. The summed E-state index contributed by atoms with van der Waals surface area (Å²) in [7, 11) is 0.984. The van der Waals surface area contributed by atoms with Crippen LogP contribution in [0.15, 0.2) is 17.0 Å². The first kappa shape index (κ1) is 15.0. The van der Waals surface area contributed by atoms with Crippen molar-refractivity contribution in [3.05, 3.63) is 23.3 Å². The predicted molar refractivity (Wildman–Crippen MR) is 54.8 cm³/mol. The highest BCUT2D eigenvalue weighted by Gasteiger charge is 2.40. The molecule has 1 nitrogen and oxygen atoms in total. The van der Waals surface area contributed by atoms with Gasteiger partial charge in [0.15, 0.2) is 0 Å². The van der Waals surface area contributed by atoms with Gasteiger partial charge in [-0.15, -0.1) is 11.8 Å². The third-order valence-corrected chi connectivity index (χ3v) is 2.85. The molecular weight excluding hydrogens is 282 g/mol. The number of hydrogen-bond donors (Lipinski definition) is 0. The molecule has 0 radical (unpaired) electrons. The molecule has 1 rings (SSSR count). The second kappa shape index (κ2) is 4.91. The average Bonchev–Trinajstić information content (AvgIpc) is 2.24. The fourth-order valence-corrected chi connectivity index (χ4v) is 1.96. The Morgan fingerprint density at radius 3 is 1.89 bits per heavy atom. The lowest BCUT2D eigenvalue weighted by Crippen LogP contribution is -2.13. The summed E-state index contributed by atoms with van der Waals surface area (Å²) in [5.74, 6) is -0.594. The zero-order valence-corrected chi connectivity index (χ0v) is 10.1. The third kappa shape index (κ3) is 3.04. The van der Waals surface area contributed by atoms with Gasteiger partial charge in [-0.1, -0.05) is 0 Å². The van der Waals surface area contributed by atoms with Crippen LogP contribution in [0.1, 0.15) is 11.1 Å². The van der Waals surface area contributed by atoms with E-state index in [0.717, 1.165) is 18.9 Å². The number of benzene rings is 1. The summed E-state index contributed by atoms with van der Waals surface area (Å²) in [6, 6.07) is 0.692. The molecule has 0 N–H and O–H groups in total. The topological polar surface area (TPSA) is 9.23 Å². The molecule has 0 aliphatic heterocycles. The van der Waals surface area contributed by atoms with Crippen LogP contribution in [0.4, 0.5) is 26.3 Å². The van der Waals surface area contributed by atoms with E-state index in [1.807, 2.05) is 0 Å². The highest BCUT2D eigenvalue weighted by Crippen LogP contribution is 2.44. The zero-order valence-electron chi connectivity index (χ0n) is 9.24. The smallest absolute Gasteiger partial charge is 0.420 e. The van der Waals surface area contributed by atoms with Gasteiger partial charge in [0.1, 0.15) is 5.75 Å². The first-order valence-corrected chi connectivity index (χ1v) is 5.74. The van der Waals surface area contributed by atoms with Crippen molar-refractivity contribution in [1.82, 2.24) is 0 Å². The molecule has 1 aromatic rings. The molecule has 0 aromatic heterocycles. The SMILES string of the molecule is COc1c(SC)cc(C(F)(F)F)cc1C(F)(F)F. The van der Waals surface area contributed by atoms with E-state index >= 15 is 0 Å². The van der Waals surface area contributed by atoms with Crippen molar-refractivity contribution in [1.29, 1.82) is 0 Å². The predicted octanol–water partition coefficient (Wildman–Crippen LogP) is 4.45. The van der Waals surface area contributed by atoms with Crippen molar-refractivity contribution in [3.63, 3.8) is 0 Å². The van der Waals surface area contributed by atoms with Crippen molar-refractivity contribution in [2.24, 2.45) is 0 Å². The van der Waals surface area contributed by atoms with Crippen LogP contribution in [-0.2, 0) is 12.4 Å². The number of rotatable bonds is 2. The molecule has 0 spiro atoms. The monoisotopic (exact) mass is 290 g/mol. The number of thioether (sulfide) groups is 1. The molecule has 0 bridgehead atoms. The summed E-state index contributed by atoms with van der Waals surface area (Å²) in [6.45, 7) is 0. The molecule has 0 atom stereocenters. The van der Waals surface area contributed by atoms with Gasteiger partial charge in [0.05, 0.1) is 23.1 Å². The Morgan fingerprint density at radius 1 is 1.00 bits per heavy atom. The fourth-order valence-electron chi connectivity index (χ4n) is 1.34. The number of methoxy groups -OCH3 is 1. The van der Waals surface area contributed by atoms with E-state index in [9.17, 15) is 26.3 Å². The van der Waals surface area contributed by atoms with Gasteiger partial charge in [0, 0.05) is 0 Å². The molecule has 0 fully saturated rings. The minimum Gasteiger partial charge on any atom is -0.495 e. The van der Waals surface area contributed by atoms with Gasteiger partial charge >= 0.3 is 12.4 Å². The van der Waals surface area contributed by atoms with Gasteiger partial charge in [-0.3, -0.25) is 0 Å². The van der Waals surface area contributed by atoms with Crippen molar-refractivity contribution < 1.29 is 31.1 Å². The second-order valence-electron chi connectivity index (χ2n) is 3.25. The summed E-state index contributed by atoms with van der Waals surface area (Å²) >= 11 is 0.756. The average molecular weight is 290 g/mol. The van der Waals surface area contributed by atoms with Gasteiger partial charge in [0.2, 0.25) is 0 Å². The summed E-state index contributed by atoms with van der Waals surface area (Å²) in [5, 5.41) is 0. The maximum absolute atomic E-state index is 12.7. The third-order valence-electron chi connectivity index (χ3n) is 2.11. The maximum Gasteiger partial charge on any atom is 0.420 e. The zero-order chi connectivity index (χ0) is 14.1. The van der Waals surface area contributed by atoms with Crippen molar-refractivity contribution in [3.8, 4) is 5.75 Å². The molecule has 0 saturated carbocycles. The molecule has 0 saturated heterocycles. The first-order valence-electron chi connectivity index (χ1n) is 4.51. The number of ether oxygens (including phenoxy) is 1. The Labute approximate surface area is 103 Å². The van der Waals surface area contributed by atoms with Crippen LogP contribution >= 0.6 is 11.8 Å². The number of alkyl halides is 6. The standard InChI is InChI=1S/C10H8F6OS/c1-17-8-6(10(14,15)16)3-5(9(11,12)13)4-7(8)18-2/h3-4H,1-2H3. The van der Waals surface area contributed by atoms with E-state index in [1.54, 1.807) is 0 Å². The summed E-state index contributed by atoms with van der Waals surface area (Å²) in [5.41, 5.74) is -2.77. The van der Waals surface area contributed by atoms with Crippen LogP contribution in [0.5, 0.6) is 5.75 Å². The molecule has 0 aliphatic rings. The van der Waals surface area contributed by atoms with E-state index in [4.69, 9.17) is 0 Å². The minimum absolute atomic E-state index is 0.0541. The van der Waals surface area contributed by atoms with Crippen molar-refractivity contribution >= 4 is 11.8 Å². The Morgan fingerprint density at radius 2 is 1.56 bits per heavy atom. The number of halogens is 6. The lowest BCUT2D eigenvalue weighted by Gasteiger charge is -2.17. The van der Waals surface area contributed by atoms with Gasteiger partial charge in [-0.2, -0.15) is 26.3 Å². The Bertz CT molecular complexity index is 437. The molecule has 0 amide bonds. The summed E-state index contributed by atoms with van der Waals surface area (Å²) in [6.07, 6.45) is -8.37. The van der Waals surface area contributed by atoms with Crippen LogP contribution < -0.4 is 4.74 Å². The van der Waals surface area contributed by atoms with Gasteiger partial charge in [-0.05, 0) is 18.4 Å². The summed E-state index contributed by atoms with van der Waals surface area (Å²) in [4.78, 5) is -0.209. The molecule has 1 aromatic carbocycles. The van der Waals surface area contributed by atoms with E-state index in [-0.39, 0.29) is 11.0 Å². The van der Waals surface area contributed by atoms with Crippen LogP contribution in [0.2, 0.25) is 0 Å². The molecule has 18 heavy (non-hydrogen) atoms. The van der Waals surface area contributed by atoms with Gasteiger partial charge in [-0.25, -0.2) is 0 Å². The maximum atomic E-state index is 12.7.